The minimum Gasteiger partial charge on any atom is -0.236 e. The van der Waals surface area contributed by atoms with Crippen LogP contribution in [0.1, 0.15) is 0 Å². The molecule has 12 heavy (non-hydrogen) atoms. The Morgan fingerprint density at radius 2 is 1.67 bits per heavy atom. The lowest BCUT2D eigenvalue weighted by Crippen LogP contribution is -2.08. The van der Waals surface area contributed by atoms with E-state index in [9.17, 15) is 13.5 Å². The first kappa shape index (κ1) is 9.22. The second kappa shape index (κ2) is 3.69. The van der Waals surface area contributed by atoms with Crippen LogP contribution in [-0.4, -0.2) is 20.8 Å². The lowest BCUT2D eigenvalue weighted by atomic mass is 10.4. The Labute approximate surface area is 71.6 Å². The molecule has 0 N–H and O–H groups in total. The lowest BCUT2D eigenvalue weighted by molar-refractivity contribution is 0.213. The van der Waals surface area contributed by atoms with Gasteiger partial charge >= 0.3 is 0 Å². The van der Waals surface area contributed by atoms with Crippen LogP contribution in [0.3, 0.4) is 0 Å². The van der Waals surface area contributed by atoms with Crippen LogP contribution in [0.2, 0.25) is 0 Å². The Balaban J connectivity index is 2.99. The molecule has 0 aliphatic carbocycles. The van der Waals surface area contributed by atoms with Gasteiger partial charge < -0.3 is 0 Å². The van der Waals surface area contributed by atoms with Gasteiger partial charge in [0.05, 0.1) is 17.3 Å². The molecule has 1 aromatic carbocycles. The molecule has 0 heterocycles. The number of sulfone groups is 1. The smallest absolute Gasteiger partial charge is 0.180 e. The molecule has 65 valence electrons. The highest BCUT2D eigenvalue weighted by atomic mass is 32.2. The molecule has 1 rings (SSSR count). The molecule has 1 radical (unpaired) electrons. The Morgan fingerprint density at radius 3 is 2.17 bits per heavy atom. The van der Waals surface area contributed by atoms with E-state index in [4.69, 9.17) is 0 Å². The third-order valence-electron chi connectivity index (χ3n) is 1.45. The molecule has 4 heteroatoms. The van der Waals surface area contributed by atoms with Gasteiger partial charge in [-0.1, -0.05) is 18.2 Å². The summed E-state index contributed by atoms with van der Waals surface area (Å²) in [5.41, 5.74) is 0. The van der Waals surface area contributed by atoms with Gasteiger partial charge in [0, 0.05) is 0 Å². The topological polar surface area (TPSA) is 54.0 Å². The zero-order chi connectivity index (χ0) is 9.03. The molecule has 1 aromatic rings. The van der Waals surface area contributed by atoms with Crippen molar-refractivity contribution in [3.8, 4) is 0 Å². The molecule has 0 saturated heterocycles. The van der Waals surface area contributed by atoms with Crippen molar-refractivity contribution in [2.75, 3.05) is 12.4 Å². The highest BCUT2D eigenvalue weighted by Gasteiger charge is 2.12. The Bertz CT molecular complexity index is 329. The molecule has 0 aromatic heterocycles. The van der Waals surface area contributed by atoms with E-state index >= 15 is 0 Å². The van der Waals surface area contributed by atoms with Crippen LogP contribution in [0, 0.1) is 0 Å². The van der Waals surface area contributed by atoms with Gasteiger partial charge in [-0.15, -0.1) is 0 Å². The third kappa shape index (κ3) is 2.06. The van der Waals surface area contributed by atoms with Gasteiger partial charge in [0.2, 0.25) is 0 Å². The zero-order valence-corrected chi connectivity index (χ0v) is 7.25. The molecule has 0 amide bonds. The van der Waals surface area contributed by atoms with Gasteiger partial charge in [-0.25, -0.2) is 13.5 Å². The SMILES string of the molecule is [O]CCS(=O)(=O)c1ccccc1. The maximum Gasteiger partial charge on any atom is 0.180 e. The van der Waals surface area contributed by atoms with Crippen LogP contribution in [0.25, 0.3) is 0 Å². The predicted octanol–water partition coefficient (Wildman–Crippen LogP) is 0.891. The monoisotopic (exact) mass is 185 g/mol. The van der Waals surface area contributed by atoms with E-state index in [0.717, 1.165) is 0 Å². The average Bonchev–Trinajstić information content (AvgIpc) is 2.06. The fraction of sp³-hybridized carbons (Fsp3) is 0.250. The minimum absolute atomic E-state index is 0.223. The maximum absolute atomic E-state index is 11.2. The quantitative estimate of drug-likeness (QED) is 0.702. The molecule has 0 atom stereocenters. The first-order valence-corrected chi connectivity index (χ1v) is 5.18. The summed E-state index contributed by atoms with van der Waals surface area (Å²) in [5.74, 6) is -0.322. The number of rotatable bonds is 3. The van der Waals surface area contributed by atoms with E-state index in [1.807, 2.05) is 0 Å². The van der Waals surface area contributed by atoms with Crippen molar-refractivity contribution >= 4 is 9.84 Å². The highest BCUT2D eigenvalue weighted by molar-refractivity contribution is 7.91. The van der Waals surface area contributed by atoms with E-state index in [1.165, 1.54) is 12.1 Å². The number of benzene rings is 1. The molecule has 0 bridgehead atoms. The third-order valence-corrected chi connectivity index (χ3v) is 3.15. The van der Waals surface area contributed by atoms with Crippen molar-refractivity contribution in [2.45, 2.75) is 4.90 Å². The number of hydrogen-bond acceptors (Lipinski definition) is 2. The average molecular weight is 185 g/mol. The van der Waals surface area contributed by atoms with Crippen LogP contribution >= 0.6 is 0 Å². The van der Waals surface area contributed by atoms with Crippen molar-refractivity contribution in [2.24, 2.45) is 0 Å². The predicted molar refractivity (Wildman–Crippen MR) is 44.0 cm³/mol. The molecule has 0 aliphatic rings. The van der Waals surface area contributed by atoms with Gasteiger partial charge in [-0.3, -0.25) is 0 Å². The van der Waals surface area contributed by atoms with E-state index < -0.39 is 16.4 Å². The van der Waals surface area contributed by atoms with Crippen molar-refractivity contribution in [1.82, 2.24) is 0 Å². The molecule has 0 fully saturated rings. The summed E-state index contributed by atoms with van der Waals surface area (Å²) in [6.45, 7) is -0.586. The zero-order valence-electron chi connectivity index (χ0n) is 6.43. The summed E-state index contributed by atoms with van der Waals surface area (Å²) >= 11 is 0. The van der Waals surface area contributed by atoms with Crippen molar-refractivity contribution < 1.29 is 13.5 Å². The summed E-state index contributed by atoms with van der Waals surface area (Å²) in [6, 6.07) is 7.99. The van der Waals surface area contributed by atoms with Crippen molar-refractivity contribution in [3.63, 3.8) is 0 Å². The first-order chi connectivity index (χ1) is 5.67. The standard InChI is InChI=1S/C8H9O3S/c9-6-7-12(10,11)8-4-2-1-3-5-8/h1-5H,6-7H2. The van der Waals surface area contributed by atoms with E-state index in [2.05, 4.69) is 0 Å². The Morgan fingerprint density at radius 1 is 1.08 bits per heavy atom. The van der Waals surface area contributed by atoms with Crippen LogP contribution in [0.4, 0.5) is 0 Å². The summed E-state index contributed by atoms with van der Waals surface area (Å²) < 4.78 is 22.5. The molecule has 0 spiro atoms. The summed E-state index contributed by atoms with van der Waals surface area (Å²) in [7, 11) is -3.32. The molecule has 0 aliphatic heterocycles. The second-order valence-corrected chi connectivity index (χ2v) is 4.45. The summed E-state index contributed by atoms with van der Waals surface area (Å²) in [4.78, 5) is 0.223. The van der Waals surface area contributed by atoms with Crippen molar-refractivity contribution in [3.05, 3.63) is 30.3 Å². The van der Waals surface area contributed by atoms with Gasteiger partial charge in [-0.05, 0) is 12.1 Å². The highest BCUT2D eigenvalue weighted by Crippen LogP contribution is 2.08. The largest absolute Gasteiger partial charge is 0.236 e. The normalized spacial score (nSPS) is 11.4. The van der Waals surface area contributed by atoms with Crippen LogP contribution in [-0.2, 0) is 14.9 Å². The number of hydrogen-bond donors (Lipinski definition) is 0. The summed E-state index contributed by atoms with van der Waals surface area (Å²) in [5, 5.41) is 10.1. The van der Waals surface area contributed by atoms with Crippen LogP contribution in [0.15, 0.2) is 35.2 Å². The van der Waals surface area contributed by atoms with E-state index in [1.54, 1.807) is 18.2 Å². The molecular formula is C8H9O3S. The van der Waals surface area contributed by atoms with Crippen LogP contribution in [0.5, 0.6) is 0 Å². The van der Waals surface area contributed by atoms with Gasteiger partial charge in [0.1, 0.15) is 0 Å². The molecule has 0 saturated carbocycles. The minimum atomic E-state index is -3.32. The van der Waals surface area contributed by atoms with Gasteiger partial charge in [0.15, 0.2) is 9.84 Å². The molecular weight excluding hydrogens is 176 g/mol. The Kier molecular flexibility index (Phi) is 2.83. The fourth-order valence-corrected chi connectivity index (χ4v) is 1.88. The molecule has 3 nitrogen and oxygen atoms in total. The van der Waals surface area contributed by atoms with E-state index in [-0.39, 0.29) is 10.6 Å². The molecule has 0 unspecified atom stereocenters. The first-order valence-electron chi connectivity index (χ1n) is 3.53. The maximum atomic E-state index is 11.2. The van der Waals surface area contributed by atoms with Gasteiger partial charge in [-0.2, -0.15) is 0 Å². The summed E-state index contributed by atoms with van der Waals surface area (Å²) in [6.07, 6.45) is 0. The fourth-order valence-electron chi connectivity index (χ4n) is 0.855. The van der Waals surface area contributed by atoms with Crippen LogP contribution < -0.4 is 0 Å². The van der Waals surface area contributed by atoms with Gasteiger partial charge in [0.25, 0.3) is 0 Å². The lowest BCUT2D eigenvalue weighted by Gasteiger charge is -1.99. The van der Waals surface area contributed by atoms with E-state index in [0.29, 0.717) is 0 Å². The van der Waals surface area contributed by atoms with Crippen molar-refractivity contribution in [1.29, 1.82) is 0 Å². The Hall–Kier alpha value is -0.870. The second-order valence-electron chi connectivity index (χ2n) is 2.34.